The van der Waals surface area contributed by atoms with Gasteiger partial charge >= 0.3 is 0 Å². The van der Waals surface area contributed by atoms with Gasteiger partial charge in [-0.05, 0) is 54.8 Å². The molecule has 1 aromatic heterocycles. The van der Waals surface area contributed by atoms with Crippen LogP contribution in [0.15, 0.2) is 60.9 Å². The van der Waals surface area contributed by atoms with E-state index in [0.29, 0.717) is 48.8 Å². The number of piperidine rings is 1. The Kier molecular flexibility index (Phi) is 6.75. The van der Waals surface area contributed by atoms with Gasteiger partial charge in [-0.15, -0.1) is 0 Å². The minimum atomic E-state index is -0.125. The third kappa shape index (κ3) is 4.94. The van der Waals surface area contributed by atoms with Crippen LogP contribution in [0.4, 0.5) is 0 Å². The van der Waals surface area contributed by atoms with Gasteiger partial charge < -0.3 is 15.0 Å². The zero-order chi connectivity index (χ0) is 22.5. The summed E-state index contributed by atoms with van der Waals surface area (Å²) in [5.41, 5.74) is 2.44. The monoisotopic (exact) mass is 452 g/mol. The van der Waals surface area contributed by atoms with Crippen LogP contribution in [-0.2, 0) is 11.3 Å². The number of ether oxygens (including phenoxy) is 1. The van der Waals surface area contributed by atoms with Gasteiger partial charge in [0.1, 0.15) is 5.75 Å². The van der Waals surface area contributed by atoms with E-state index < -0.39 is 0 Å². The number of halogens is 1. The summed E-state index contributed by atoms with van der Waals surface area (Å²) in [4.78, 5) is 27.3. The van der Waals surface area contributed by atoms with Gasteiger partial charge in [0.15, 0.2) is 0 Å². The first-order chi connectivity index (χ1) is 15.5. The van der Waals surface area contributed by atoms with E-state index in [2.05, 4.69) is 10.4 Å². The molecule has 8 heteroatoms. The van der Waals surface area contributed by atoms with Crippen molar-refractivity contribution in [2.75, 3.05) is 20.2 Å². The number of nitrogens with zero attached hydrogens (tertiary/aromatic N) is 3. The molecule has 1 fully saturated rings. The number of hydrogen-bond donors (Lipinski definition) is 1. The molecule has 0 saturated carbocycles. The zero-order valence-corrected chi connectivity index (χ0v) is 18.6. The Balaban J connectivity index is 1.28. The number of methoxy groups -OCH3 is 1. The summed E-state index contributed by atoms with van der Waals surface area (Å²) >= 11 is 6.06. The molecule has 4 rings (SSSR count). The molecule has 1 saturated heterocycles. The highest BCUT2D eigenvalue weighted by Crippen LogP contribution is 2.26. The largest absolute Gasteiger partial charge is 0.496 e. The molecule has 32 heavy (non-hydrogen) atoms. The molecule has 1 aliphatic heterocycles. The van der Waals surface area contributed by atoms with Crippen molar-refractivity contribution in [1.29, 1.82) is 0 Å². The van der Waals surface area contributed by atoms with Crippen LogP contribution in [0.3, 0.4) is 0 Å². The van der Waals surface area contributed by atoms with Crippen molar-refractivity contribution in [3.8, 4) is 11.4 Å². The van der Waals surface area contributed by atoms with Gasteiger partial charge in [-0.2, -0.15) is 5.10 Å². The Bertz CT molecular complexity index is 1080. The Morgan fingerprint density at radius 3 is 2.56 bits per heavy atom. The van der Waals surface area contributed by atoms with Crippen molar-refractivity contribution in [2.45, 2.75) is 19.4 Å². The van der Waals surface area contributed by atoms with Crippen molar-refractivity contribution in [3.63, 3.8) is 0 Å². The third-order valence-corrected chi connectivity index (χ3v) is 5.95. The summed E-state index contributed by atoms with van der Waals surface area (Å²) < 4.78 is 7.09. The number of likely N-dealkylation sites (tertiary alicyclic amines) is 1. The number of carbonyl (C=O) groups is 2. The van der Waals surface area contributed by atoms with Gasteiger partial charge in [-0.3, -0.25) is 9.59 Å². The molecule has 0 atom stereocenters. The van der Waals surface area contributed by atoms with Gasteiger partial charge in [0.05, 0.1) is 18.4 Å². The standard InChI is InChI=1S/C24H25ClN4O3/c1-32-22-8-5-19(25)15-21(22)24(31)28-13-9-18(10-14-28)23(30)26-16-17-3-6-20(7-4-17)29-12-2-11-27-29/h2-8,11-12,15,18H,9-10,13-14,16H2,1H3,(H,26,30). The SMILES string of the molecule is COc1ccc(Cl)cc1C(=O)N1CCC(C(=O)NCc2ccc(-n3cccn3)cc2)CC1. The molecule has 1 N–H and O–H groups in total. The summed E-state index contributed by atoms with van der Waals surface area (Å²) in [6.45, 7) is 1.51. The number of amides is 2. The lowest BCUT2D eigenvalue weighted by molar-refractivity contribution is -0.126. The fourth-order valence-electron chi connectivity index (χ4n) is 3.88. The summed E-state index contributed by atoms with van der Waals surface area (Å²) in [7, 11) is 1.53. The molecule has 2 heterocycles. The molecule has 0 bridgehead atoms. The average Bonchev–Trinajstić information content (AvgIpc) is 3.37. The summed E-state index contributed by atoms with van der Waals surface area (Å²) in [6.07, 6.45) is 4.87. The van der Waals surface area contributed by atoms with E-state index in [0.717, 1.165) is 11.3 Å². The lowest BCUT2D eigenvalue weighted by Gasteiger charge is -2.31. The summed E-state index contributed by atoms with van der Waals surface area (Å²) in [5, 5.41) is 7.72. The number of carbonyl (C=O) groups excluding carboxylic acids is 2. The fourth-order valence-corrected chi connectivity index (χ4v) is 4.06. The second-order valence-electron chi connectivity index (χ2n) is 7.75. The molecule has 0 aliphatic carbocycles. The van der Waals surface area contributed by atoms with E-state index in [4.69, 9.17) is 16.3 Å². The molecule has 2 aromatic carbocycles. The maximum absolute atomic E-state index is 12.9. The first kappa shape index (κ1) is 21.9. The Morgan fingerprint density at radius 1 is 1.16 bits per heavy atom. The normalized spacial score (nSPS) is 14.2. The molecule has 166 valence electrons. The highest BCUT2D eigenvalue weighted by Gasteiger charge is 2.29. The van der Waals surface area contributed by atoms with Crippen LogP contribution in [0.1, 0.15) is 28.8 Å². The molecule has 0 unspecified atom stereocenters. The van der Waals surface area contributed by atoms with Crippen molar-refractivity contribution in [3.05, 3.63) is 77.1 Å². The van der Waals surface area contributed by atoms with Crippen LogP contribution >= 0.6 is 11.6 Å². The first-order valence-corrected chi connectivity index (χ1v) is 10.9. The maximum Gasteiger partial charge on any atom is 0.257 e. The first-order valence-electron chi connectivity index (χ1n) is 10.5. The number of nitrogens with one attached hydrogen (secondary N) is 1. The van der Waals surface area contributed by atoms with Crippen LogP contribution in [0.25, 0.3) is 5.69 Å². The van der Waals surface area contributed by atoms with E-state index in [9.17, 15) is 9.59 Å². The summed E-state index contributed by atoms with van der Waals surface area (Å²) in [5.74, 6) is 0.288. The minimum Gasteiger partial charge on any atom is -0.496 e. The molecule has 0 radical (unpaired) electrons. The topological polar surface area (TPSA) is 76.5 Å². The van der Waals surface area contributed by atoms with Crippen LogP contribution in [0.5, 0.6) is 5.75 Å². The van der Waals surface area contributed by atoms with Crippen LogP contribution in [-0.4, -0.2) is 46.7 Å². The lowest BCUT2D eigenvalue weighted by atomic mass is 9.95. The van der Waals surface area contributed by atoms with Crippen molar-refractivity contribution < 1.29 is 14.3 Å². The Labute approximate surface area is 191 Å². The van der Waals surface area contributed by atoms with Crippen molar-refractivity contribution in [1.82, 2.24) is 20.0 Å². The average molecular weight is 453 g/mol. The van der Waals surface area contributed by atoms with E-state index in [1.165, 1.54) is 7.11 Å². The lowest BCUT2D eigenvalue weighted by Crippen LogP contribution is -2.43. The third-order valence-electron chi connectivity index (χ3n) is 5.72. The predicted molar refractivity (Wildman–Crippen MR) is 122 cm³/mol. The zero-order valence-electron chi connectivity index (χ0n) is 17.8. The van der Waals surface area contributed by atoms with Gasteiger partial charge in [-0.1, -0.05) is 23.7 Å². The molecule has 7 nitrogen and oxygen atoms in total. The fraction of sp³-hybridized carbons (Fsp3) is 0.292. The van der Waals surface area contributed by atoms with Crippen molar-refractivity contribution in [2.24, 2.45) is 5.92 Å². The van der Waals surface area contributed by atoms with Crippen LogP contribution in [0.2, 0.25) is 5.02 Å². The number of aromatic nitrogens is 2. The highest BCUT2D eigenvalue weighted by atomic mass is 35.5. The molecule has 2 amide bonds. The second-order valence-corrected chi connectivity index (χ2v) is 8.18. The van der Waals surface area contributed by atoms with E-state index >= 15 is 0 Å². The molecular weight excluding hydrogens is 428 g/mol. The van der Waals surface area contributed by atoms with Crippen molar-refractivity contribution >= 4 is 23.4 Å². The van der Waals surface area contributed by atoms with E-state index in [1.807, 2.05) is 36.5 Å². The van der Waals surface area contributed by atoms with Gasteiger partial charge in [0.2, 0.25) is 5.91 Å². The molecule has 3 aromatic rings. The highest BCUT2D eigenvalue weighted by molar-refractivity contribution is 6.31. The molecular formula is C24H25ClN4O3. The van der Waals surface area contributed by atoms with Gasteiger partial charge in [0.25, 0.3) is 5.91 Å². The van der Waals surface area contributed by atoms with E-state index in [-0.39, 0.29) is 17.7 Å². The quantitative estimate of drug-likeness (QED) is 0.618. The smallest absolute Gasteiger partial charge is 0.257 e. The predicted octanol–water partition coefficient (Wildman–Crippen LogP) is 3.70. The van der Waals surface area contributed by atoms with Crippen LogP contribution in [0, 0.1) is 5.92 Å². The number of rotatable bonds is 6. The molecule has 1 aliphatic rings. The summed E-state index contributed by atoms with van der Waals surface area (Å²) in [6, 6.07) is 14.8. The van der Waals surface area contributed by atoms with Gasteiger partial charge in [0, 0.05) is 43.0 Å². The number of hydrogen-bond acceptors (Lipinski definition) is 4. The Morgan fingerprint density at radius 2 is 1.91 bits per heavy atom. The van der Waals surface area contributed by atoms with Crippen LogP contribution < -0.4 is 10.1 Å². The maximum atomic E-state index is 12.9. The minimum absolute atomic E-state index is 0.0218. The number of benzene rings is 2. The molecule has 0 spiro atoms. The van der Waals surface area contributed by atoms with E-state index in [1.54, 1.807) is 34.0 Å². The second kappa shape index (κ2) is 9.87. The van der Waals surface area contributed by atoms with Gasteiger partial charge in [-0.25, -0.2) is 4.68 Å². The Hall–Kier alpha value is -3.32.